The minimum absolute atomic E-state index is 0.0350. The zero-order valence-electron chi connectivity index (χ0n) is 17.5. The van der Waals surface area contributed by atoms with Crippen molar-refractivity contribution in [1.82, 2.24) is 18.9 Å². The number of hydrogen-bond acceptors (Lipinski definition) is 5. The Labute approximate surface area is 183 Å². The molecule has 0 radical (unpaired) electrons. The lowest BCUT2D eigenvalue weighted by molar-refractivity contribution is 0.104. The first kappa shape index (κ1) is 20.9. The lowest BCUT2D eigenvalue weighted by Crippen LogP contribution is -2.40. The van der Waals surface area contributed by atoms with Crippen molar-refractivity contribution in [1.29, 1.82) is 0 Å². The smallest absolute Gasteiger partial charge is 0.332 e. The Morgan fingerprint density at radius 1 is 1.16 bits per heavy atom. The second kappa shape index (κ2) is 8.03. The van der Waals surface area contributed by atoms with Crippen molar-refractivity contribution in [3.05, 3.63) is 84.4 Å². The van der Waals surface area contributed by atoms with E-state index in [4.69, 9.17) is 11.6 Å². The number of ketones is 1. The van der Waals surface area contributed by atoms with Crippen LogP contribution in [-0.4, -0.2) is 24.7 Å². The predicted octanol–water partition coefficient (Wildman–Crippen LogP) is 2.81. The summed E-state index contributed by atoms with van der Waals surface area (Å²) in [4.78, 5) is 38.2. The quantitative estimate of drug-likeness (QED) is 0.617. The number of rotatable bonds is 5. The largest absolute Gasteiger partial charge is 0.338 e. The molecule has 31 heavy (non-hydrogen) atoms. The molecule has 160 valence electrons. The van der Waals surface area contributed by atoms with Gasteiger partial charge in [0.2, 0.25) is 5.78 Å². The van der Waals surface area contributed by atoms with Gasteiger partial charge in [0.05, 0.1) is 17.9 Å². The molecule has 3 heterocycles. The van der Waals surface area contributed by atoms with Crippen molar-refractivity contribution in [2.45, 2.75) is 33.4 Å². The van der Waals surface area contributed by atoms with Gasteiger partial charge in [0.15, 0.2) is 0 Å². The molecule has 1 aliphatic rings. The van der Waals surface area contributed by atoms with Gasteiger partial charge in [-0.25, -0.2) is 9.48 Å². The Kier molecular flexibility index (Phi) is 5.41. The van der Waals surface area contributed by atoms with Crippen LogP contribution in [0.3, 0.4) is 0 Å². The summed E-state index contributed by atoms with van der Waals surface area (Å²) in [6, 6.07) is 9.78. The number of carbonyl (C=O) groups excluding carboxylic acids is 1. The Morgan fingerprint density at radius 2 is 1.87 bits per heavy atom. The number of anilines is 1. The van der Waals surface area contributed by atoms with Crippen LogP contribution in [0.4, 0.5) is 5.82 Å². The minimum Gasteiger partial charge on any atom is -0.338 e. The molecule has 1 aromatic carbocycles. The first-order chi connectivity index (χ1) is 14.8. The van der Waals surface area contributed by atoms with E-state index in [1.54, 1.807) is 17.7 Å². The highest BCUT2D eigenvalue weighted by Gasteiger charge is 2.33. The molecule has 0 amide bonds. The number of nitrogens with one attached hydrogen (secondary N) is 1. The van der Waals surface area contributed by atoms with Crippen molar-refractivity contribution in [2.24, 2.45) is 7.05 Å². The van der Waals surface area contributed by atoms with E-state index in [-0.39, 0.29) is 17.1 Å². The molecule has 0 saturated carbocycles. The van der Waals surface area contributed by atoms with Crippen LogP contribution in [0, 0.1) is 6.92 Å². The summed E-state index contributed by atoms with van der Waals surface area (Å²) in [5, 5.41) is 7.86. The van der Waals surface area contributed by atoms with Crippen LogP contribution < -0.4 is 16.6 Å². The van der Waals surface area contributed by atoms with Gasteiger partial charge in [0.1, 0.15) is 16.5 Å². The van der Waals surface area contributed by atoms with E-state index >= 15 is 0 Å². The molecule has 0 unspecified atom stereocenters. The van der Waals surface area contributed by atoms with E-state index in [9.17, 15) is 14.4 Å². The van der Waals surface area contributed by atoms with Crippen LogP contribution in [0.25, 0.3) is 6.08 Å². The summed E-state index contributed by atoms with van der Waals surface area (Å²) in [6.45, 7) is 4.60. The summed E-state index contributed by atoms with van der Waals surface area (Å²) in [5.41, 5.74) is 1.35. The Balaban J connectivity index is 1.76. The molecule has 1 N–H and O–H groups in total. The summed E-state index contributed by atoms with van der Waals surface area (Å²) >= 11 is 6.58. The maximum atomic E-state index is 13.0. The number of aryl methyl sites for hydroxylation is 1. The molecule has 2 aromatic heterocycles. The fourth-order valence-electron chi connectivity index (χ4n) is 3.69. The van der Waals surface area contributed by atoms with Crippen LogP contribution >= 0.6 is 11.6 Å². The molecule has 8 nitrogen and oxygen atoms in total. The van der Waals surface area contributed by atoms with Gasteiger partial charge in [-0.3, -0.25) is 18.7 Å². The van der Waals surface area contributed by atoms with E-state index in [1.165, 1.54) is 11.6 Å². The molecule has 0 spiro atoms. The summed E-state index contributed by atoms with van der Waals surface area (Å²) < 4.78 is 4.05. The van der Waals surface area contributed by atoms with Crippen molar-refractivity contribution in [2.75, 3.05) is 5.32 Å². The zero-order valence-corrected chi connectivity index (χ0v) is 18.2. The fraction of sp³-hybridized carbons (Fsp3) is 0.273. The SMILES string of the molecule is CCCn1c2c(c(=O)n(C)c1=O)C(=O)/C(=C/c1c(C)nn(Cc3ccccc3)c1Cl)N2. The van der Waals surface area contributed by atoms with Crippen LogP contribution in [0.5, 0.6) is 0 Å². The lowest BCUT2D eigenvalue weighted by atomic mass is 10.1. The molecule has 1 aliphatic heterocycles. The van der Waals surface area contributed by atoms with Gasteiger partial charge in [-0.1, -0.05) is 48.9 Å². The Hall–Kier alpha value is -3.39. The van der Waals surface area contributed by atoms with E-state index in [0.29, 0.717) is 35.9 Å². The second-order valence-electron chi connectivity index (χ2n) is 7.47. The first-order valence-corrected chi connectivity index (χ1v) is 10.3. The highest BCUT2D eigenvalue weighted by atomic mass is 35.5. The molecule has 0 aliphatic carbocycles. The number of allylic oxidation sites excluding steroid dienone is 1. The third-order valence-corrected chi connectivity index (χ3v) is 5.69. The molecule has 3 aromatic rings. The second-order valence-corrected chi connectivity index (χ2v) is 7.83. The van der Waals surface area contributed by atoms with Gasteiger partial charge < -0.3 is 5.32 Å². The first-order valence-electron chi connectivity index (χ1n) is 9.97. The fourth-order valence-corrected chi connectivity index (χ4v) is 3.98. The van der Waals surface area contributed by atoms with Crippen LogP contribution in [0.2, 0.25) is 5.15 Å². The highest BCUT2D eigenvalue weighted by Crippen LogP contribution is 2.29. The summed E-state index contributed by atoms with van der Waals surface area (Å²) in [5.74, 6) is -0.233. The topological polar surface area (TPSA) is 90.9 Å². The average molecular weight is 440 g/mol. The van der Waals surface area contributed by atoms with E-state index < -0.39 is 17.0 Å². The van der Waals surface area contributed by atoms with Crippen LogP contribution in [0.1, 0.15) is 40.5 Å². The van der Waals surface area contributed by atoms with E-state index in [2.05, 4.69) is 10.4 Å². The number of fused-ring (bicyclic) bond motifs is 1. The number of halogens is 1. The third-order valence-electron chi connectivity index (χ3n) is 5.29. The molecular formula is C22H22ClN5O3. The number of carbonyl (C=O) groups is 1. The number of hydrogen-bond donors (Lipinski definition) is 1. The van der Waals surface area contributed by atoms with Gasteiger partial charge in [-0.2, -0.15) is 5.10 Å². The van der Waals surface area contributed by atoms with E-state index in [0.717, 1.165) is 10.1 Å². The van der Waals surface area contributed by atoms with E-state index in [1.807, 2.05) is 37.3 Å². The van der Waals surface area contributed by atoms with Gasteiger partial charge >= 0.3 is 5.69 Å². The summed E-state index contributed by atoms with van der Waals surface area (Å²) in [7, 11) is 1.38. The molecule has 0 atom stereocenters. The Bertz CT molecular complexity index is 1330. The highest BCUT2D eigenvalue weighted by molar-refractivity contribution is 6.31. The predicted molar refractivity (Wildman–Crippen MR) is 120 cm³/mol. The van der Waals surface area contributed by atoms with Crippen molar-refractivity contribution in [3.63, 3.8) is 0 Å². The van der Waals surface area contributed by atoms with Gasteiger partial charge in [-0.15, -0.1) is 0 Å². The molecule has 0 saturated heterocycles. The van der Waals surface area contributed by atoms with Crippen molar-refractivity contribution >= 4 is 29.3 Å². The molecule has 0 fully saturated rings. The lowest BCUT2D eigenvalue weighted by Gasteiger charge is -2.11. The summed E-state index contributed by atoms with van der Waals surface area (Å²) in [6.07, 6.45) is 2.27. The maximum absolute atomic E-state index is 13.0. The molecular weight excluding hydrogens is 418 g/mol. The van der Waals surface area contributed by atoms with Gasteiger partial charge in [0, 0.05) is 19.2 Å². The van der Waals surface area contributed by atoms with Crippen LogP contribution in [0.15, 0.2) is 45.6 Å². The maximum Gasteiger partial charge on any atom is 0.332 e. The Morgan fingerprint density at radius 3 is 2.55 bits per heavy atom. The molecule has 0 bridgehead atoms. The number of benzene rings is 1. The minimum atomic E-state index is -0.615. The average Bonchev–Trinajstić information content (AvgIpc) is 3.21. The normalized spacial score (nSPS) is 14.2. The van der Waals surface area contributed by atoms with Crippen LogP contribution in [-0.2, 0) is 20.1 Å². The third kappa shape index (κ3) is 3.53. The zero-order chi connectivity index (χ0) is 22.3. The standard InChI is InChI=1S/C22H22ClN5O3/c1-4-10-27-20-17(21(30)26(3)22(27)31)18(29)16(24-20)11-15-13(2)25-28(19(15)23)12-14-8-6-5-7-9-14/h5-9,11,24H,4,10,12H2,1-3H3/b16-11-. The number of Topliss-reactive ketones (excluding diaryl/α,β-unsaturated/α-hetero) is 1. The molecule has 4 rings (SSSR count). The van der Waals surface area contributed by atoms with Crippen molar-refractivity contribution in [3.8, 4) is 0 Å². The number of nitrogens with zero attached hydrogens (tertiary/aromatic N) is 4. The van der Waals surface area contributed by atoms with Gasteiger partial charge in [0.25, 0.3) is 5.56 Å². The molecule has 9 heteroatoms. The number of aromatic nitrogens is 4. The van der Waals surface area contributed by atoms with Gasteiger partial charge in [-0.05, 0) is 25.0 Å². The van der Waals surface area contributed by atoms with Crippen molar-refractivity contribution < 1.29 is 4.79 Å². The monoisotopic (exact) mass is 439 g/mol.